The number of nitrogens with two attached hydrogens (primary N) is 1. The maximum Gasteiger partial charge on any atom is 0.119 e. The molecule has 1 aromatic rings. The molecule has 120 valence electrons. The summed E-state index contributed by atoms with van der Waals surface area (Å²) in [6.45, 7) is 11.7. The van der Waals surface area contributed by atoms with Crippen molar-refractivity contribution < 1.29 is 4.74 Å². The lowest BCUT2D eigenvalue weighted by molar-refractivity contribution is 0.216. The number of rotatable bonds is 8. The molecular formula is C18H32N2O. The van der Waals surface area contributed by atoms with Crippen LogP contribution in [0.4, 0.5) is 0 Å². The third kappa shape index (κ3) is 6.49. The molecule has 0 spiro atoms. The molecule has 0 fully saturated rings. The number of hydrogen-bond acceptors (Lipinski definition) is 3. The lowest BCUT2D eigenvalue weighted by Gasteiger charge is -2.28. The molecule has 0 radical (unpaired) electrons. The summed E-state index contributed by atoms with van der Waals surface area (Å²) in [5, 5.41) is 0. The van der Waals surface area contributed by atoms with Gasteiger partial charge in [-0.1, -0.05) is 26.0 Å². The summed E-state index contributed by atoms with van der Waals surface area (Å²) in [5.41, 5.74) is 7.50. The van der Waals surface area contributed by atoms with Crippen LogP contribution in [0.2, 0.25) is 0 Å². The summed E-state index contributed by atoms with van der Waals surface area (Å²) in [6.07, 6.45) is 1.40. The molecule has 0 saturated carbocycles. The van der Waals surface area contributed by atoms with E-state index in [1.807, 2.05) is 26.0 Å². The second-order valence-electron chi connectivity index (χ2n) is 6.76. The van der Waals surface area contributed by atoms with Crippen molar-refractivity contribution >= 4 is 0 Å². The lowest BCUT2D eigenvalue weighted by Crippen LogP contribution is -2.36. The summed E-state index contributed by atoms with van der Waals surface area (Å²) >= 11 is 0. The zero-order valence-corrected chi connectivity index (χ0v) is 14.5. The first-order chi connectivity index (χ1) is 9.79. The van der Waals surface area contributed by atoms with E-state index in [0.29, 0.717) is 12.0 Å². The van der Waals surface area contributed by atoms with Crippen molar-refractivity contribution in [2.45, 2.75) is 59.2 Å². The zero-order chi connectivity index (χ0) is 16.0. The minimum atomic E-state index is 0.0395. The van der Waals surface area contributed by atoms with E-state index < -0.39 is 0 Å². The first kappa shape index (κ1) is 18.0. The Morgan fingerprint density at radius 2 is 1.62 bits per heavy atom. The van der Waals surface area contributed by atoms with E-state index in [-0.39, 0.29) is 12.1 Å². The third-order valence-electron chi connectivity index (χ3n) is 3.73. The smallest absolute Gasteiger partial charge is 0.119 e. The predicted molar refractivity (Wildman–Crippen MR) is 90.7 cm³/mol. The standard InChI is InChI=1S/C18H32N2O/c1-13(2)11-15(5)20(6)12-18(19)16-7-9-17(10-8-16)21-14(3)4/h7-10,13-15,18H,11-12,19H2,1-6H3. The van der Waals surface area contributed by atoms with Gasteiger partial charge in [-0.15, -0.1) is 0 Å². The normalized spacial score (nSPS) is 14.8. The van der Waals surface area contributed by atoms with Crippen molar-refractivity contribution in [3.8, 4) is 5.75 Å². The van der Waals surface area contributed by atoms with Crippen LogP contribution in [0.1, 0.15) is 52.6 Å². The van der Waals surface area contributed by atoms with Crippen molar-refractivity contribution in [1.29, 1.82) is 0 Å². The minimum absolute atomic E-state index is 0.0395. The SMILES string of the molecule is CC(C)CC(C)N(C)CC(N)c1ccc(OC(C)C)cc1. The van der Waals surface area contributed by atoms with E-state index in [1.165, 1.54) is 6.42 Å². The average molecular weight is 292 g/mol. The fourth-order valence-electron chi connectivity index (χ4n) is 2.52. The Labute approximate surface area is 130 Å². The van der Waals surface area contributed by atoms with Gasteiger partial charge in [-0.05, 0) is 57.9 Å². The molecule has 3 nitrogen and oxygen atoms in total. The van der Waals surface area contributed by atoms with Gasteiger partial charge in [0.2, 0.25) is 0 Å². The first-order valence-corrected chi connectivity index (χ1v) is 8.02. The van der Waals surface area contributed by atoms with Gasteiger partial charge in [0, 0.05) is 18.6 Å². The van der Waals surface area contributed by atoms with Gasteiger partial charge in [0.1, 0.15) is 5.75 Å². The molecule has 0 amide bonds. The van der Waals surface area contributed by atoms with Crippen LogP contribution < -0.4 is 10.5 Å². The molecule has 1 aromatic carbocycles. The number of nitrogens with zero attached hydrogens (tertiary/aromatic N) is 1. The third-order valence-corrected chi connectivity index (χ3v) is 3.73. The van der Waals surface area contributed by atoms with Gasteiger partial charge in [-0.25, -0.2) is 0 Å². The molecule has 0 heterocycles. The largest absolute Gasteiger partial charge is 0.491 e. The van der Waals surface area contributed by atoms with E-state index in [0.717, 1.165) is 17.9 Å². The molecule has 0 aliphatic rings. The number of likely N-dealkylation sites (N-methyl/N-ethyl adjacent to an activating group) is 1. The Bertz CT molecular complexity index is 400. The van der Waals surface area contributed by atoms with Crippen molar-refractivity contribution in [2.75, 3.05) is 13.6 Å². The van der Waals surface area contributed by atoms with Crippen LogP contribution in [0.15, 0.2) is 24.3 Å². The second-order valence-corrected chi connectivity index (χ2v) is 6.76. The summed E-state index contributed by atoms with van der Waals surface area (Å²) in [6, 6.07) is 8.75. The zero-order valence-electron chi connectivity index (χ0n) is 14.5. The van der Waals surface area contributed by atoms with Gasteiger partial charge in [0.05, 0.1) is 6.10 Å². The van der Waals surface area contributed by atoms with Gasteiger partial charge < -0.3 is 15.4 Å². The molecule has 2 N–H and O–H groups in total. The van der Waals surface area contributed by atoms with Crippen LogP contribution in [0.3, 0.4) is 0 Å². The molecule has 1 rings (SSSR count). The van der Waals surface area contributed by atoms with Crippen molar-refractivity contribution in [1.82, 2.24) is 4.90 Å². The van der Waals surface area contributed by atoms with E-state index >= 15 is 0 Å². The van der Waals surface area contributed by atoms with Crippen LogP contribution in [0.5, 0.6) is 5.75 Å². The Kier molecular flexibility index (Phi) is 7.20. The molecule has 3 heteroatoms. The summed E-state index contributed by atoms with van der Waals surface area (Å²) in [7, 11) is 2.16. The highest BCUT2D eigenvalue weighted by atomic mass is 16.5. The van der Waals surface area contributed by atoms with Crippen LogP contribution in [-0.2, 0) is 0 Å². The maximum absolute atomic E-state index is 6.33. The molecule has 0 aromatic heterocycles. The predicted octanol–water partition coefficient (Wildman–Crippen LogP) is 3.84. The molecule has 0 aliphatic heterocycles. The Morgan fingerprint density at radius 1 is 1.05 bits per heavy atom. The van der Waals surface area contributed by atoms with E-state index in [1.54, 1.807) is 0 Å². The van der Waals surface area contributed by atoms with Crippen LogP contribution in [0.25, 0.3) is 0 Å². The van der Waals surface area contributed by atoms with E-state index in [9.17, 15) is 0 Å². The summed E-state index contributed by atoms with van der Waals surface area (Å²) < 4.78 is 5.66. The van der Waals surface area contributed by atoms with Crippen molar-refractivity contribution in [3.63, 3.8) is 0 Å². The van der Waals surface area contributed by atoms with Crippen LogP contribution in [0, 0.1) is 5.92 Å². The highest BCUT2D eigenvalue weighted by molar-refractivity contribution is 5.29. The number of ether oxygens (including phenoxy) is 1. The molecule has 2 unspecified atom stereocenters. The van der Waals surface area contributed by atoms with Gasteiger partial charge in [0.25, 0.3) is 0 Å². The van der Waals surface area contributed by atoms with Crippen molar-refractivity contribution in [2.24, 2.45) is 11.7 Å². The van der Waals surface area contributed by atoms with Gasteiger partial charge >= 0.3 is 0 Å². The minimum Gasteiger partial charge on any atom is -0.491 e. The molecule has 21 heavy (non-hydrogen) atoms. The molecular weight excluding hydrogens is 260 g/mol. The van der Waals surface area contributed by atoms with Crippen molar-refractivity contribution in [3.05, 3.63) is 29.8 Å². The van der Waals surface area contributed by atoms with Crippen LogP contribution >= 0.6 is 0 Å². The summed E-state index contributed by atoms with van der Waals surface area (Å²) in [5.74, 6) is 1.62. The Morgan fingerprint density at radius 3 is 2.10 bits per heavy atom. The monoisotopic (exact) mass is 292 g/mol. The molecule has 0 saturated heterocycles. The first-order valence-electron chi connectivity index (χ1n) is 8.02. The fourth-order valence-corrected chi connectivity index (χ4v) is 2.52. The number of hydrogen-bond donors (Lipinski definition) is 1. The van der Waals surface area contributed by atoms with Crippen LogP contribution in [-0.4, -0.2) is 30.6 Å². The topological polar surface area (TPSA) is 38.5 Å². The van der Waals surface area contributed by atoms with Gasteiger partial charge in [0.15, 0.2) is 0 Å². The highest BCUT2D eigenvalue weighted by Gasteiger charge is 2.15. The van der Waals surface area contributed by atoms with E-state index in [4.69, 9.17) is 10.5 Å². The Balaban J connectivity index is 2.56. The van der Waals surface area contributed by atoms with Gasteiger partial charge in [-0.3, -0.25) is 0 Å². The number of benzene rings is 1. The summed E-state index contributed by atoms with van der Waals surface area (Å²) in [4.78, 5) is 2.35. The van der Waals surface area contributed by atoms with Gasteiger partial charge in [-0.2, -0.15) is 0 Å². The van der Waals surface area contributed by atoms with E-state index in [2.05, 4.69) is 44.9 Å². The quantitative estimate of drug-likeness (QED) is 0.791. The molecule has 2 atom stereocenters. The molecule has 0 bridgehead atoms. The lowest BCUT2D eigenvalue weighted by atomic mass is 10.0. The maximum atomic E-state index is 6.33. The molecule has 0 aliphatic carbocycles. The second kappa shape index (κ2) is 8.40. The average Bonchev–Trinajstić information content (AvgIpc) is 2.37. The highest BCUT2D eigenvalue weighted by Crippen LogP contribution is 2.19. The Hall–Kier alpha value is -1.06. The fraction of sp³-hybridized carbons (Fsp3) is 0.667.